The van der Waals surface area contributed by atoms with E-state index in [1.807, 2.05) is 0 Å². The zero-order chi connectivity index (χ0) is 11.5. The summed E-state index contributed by atoms with van der Waals surface area (Å²) in [5, 5.41) is 2.85. The summed E-state index contributed by atoms with van der Waals surface area (Å²) in [7, 11) is 0. The van der Waals surface area contributed by atoms with Gasteiger partial charge in [-0.15, -0.1) is 0 Å². The minimum atomic E-state index is -0.661. The zero-order valence-corrected chi connectivity index (χ0v) is 9.66. The molecule has 1 aliphatic rings. The monoisotopic (exact) mass is 245 g/mol. The number of hydrogen-bond donors (Lipinski definition) is 1. The number of halogens is 3. The van der Waals surface area contributed by atoms with Crippen molar-refractivity contribution >= 4 is 11.6 Å². The quantitative estimate of drug-likeness (QED) is 0.790. The van der Waals surface area contributed by atoms with Gasteiger partial charge in [0, 0.05) is 0 Å². The molecule has 4 heteroatoms. The Morgan fingerprint density at radius 1 is 1.19 bits per heavy atom. The molecule has 1 aromatic rings. The van der Waals surface area contributed by atoms with Crippen LogP contribution in [0.25, 0.3) is 0 Å². The van der Waals surface area contributed by atoms with Gasteiger partial charge in [0.05, 0.1) is 0 Å². The van der Waals surface area contributed by atoms with Gasteiger partial charge in [-0.1, -0.05) is 11.6 Å². The van der Waals surface area contributed by atoms with Crippen LogP contribution in [0.5, 0.6) is 0 Å². The molecule has 0 unspecified atom stereocenters. The summed E-state index contributed by atoms with van der Waals surface area (Å²) in [6, 6.07) is 2.68. The minimum absolute atomic E-state index is 0.408. The summed E-state index contributed by atoms with van der Waals surface area (Å²) in [4.78, 5) is 0. The van der Waals surface area contributed by atoms with Crippen LogP contribution in [0.15, 0.2) is 12.1 Å². The fourth-order valence-corrected chi connectivity index (χ4v) is 2.25. The molecule has 1 fully saturated rings. The molecule has 1 heterocycles. The summed E-state index contributed by atoms with van der Waals surface area (Å²) < 4.78 is 26.4. The average molecular weight is 246 g/mol. The maximum atomic E-state index is 13.2. The number of hydrogen-bond acceptors (Lipinski definition) is 1. The number of piperidine rings is 1. The molecule has 2 rings (SSSR count). The van der Waals surface area contributed by atoms with Crippen LogP contribution in [0.4, 0.5) is 8.78 Å². The van der Waals surface area contributed by atoms with E-state index in [1.54, 1.807) is 0 Å². The molecule has 0 bridgehead atoms. The predicted octanol–water partition coefficient (Wildman–Crippen LogP) is 3.16. The van der Waals surface area contributed by atoms with Crippen molar-refractivity contribution < 1.29 is 8.78 Å². The fraction of sp³-hybridized carbons (Fsp3) is 0.500. The van der Waals surface area contributed by atoms with Crippen molar-refractivity contribution in [3.63, 3.8) is 0 Å². The van der Waals surface area contributed by atoms with E-state index in [0.717, 1.165) is 32.4 Å². The number of benzene rings is 1. The third kappa shape index (κ3) is 2.71. The minimum Gasteiger partial charge on any atom is -0.317 e. The van der Waals surface area contributed by atoms with Gasteiger partial charge in [-0.05, 0) is 56.0 Å². The van der Waals surface area contributed by atoms with Crippen molar-refractivity contribution in [1.29, 1.82) is 0 Å². The van der Waals surface area contributed by atoms with Gasteiger partial charge in [-0.25, -0.2) is 8.78 Å². The molecule has 1 nitrogen and oxygen atoms in total. The van der Waals surface area contributed by atoms with Crippen LogP contribution in [-0.2, 0) is 6.42 Å². The van der Waals surface area contributed by atoms with E-state index < -0.39 is 16.7 Å². The average Bonchev–Trinajstić information content (AvgIpc) is 2.27. The van der Waals surface area contributed by atoms with Gasteiger partial charge in [0.2, 0.25) is 0 Å². The maximum absolute atomic E-state index is 13.2. The van der Waals surface area contributed by atoms with Gasteiger partial charge >= 0.3 is 0 Å². The first-order valence-corrected chi connectivity index (χ1v) is 5.89. The Labute approximate surface area is 98.8 Å². The molecule has 88 valence electrons. The van der Waals surface area contributed by atoms with E-state index in [1.165, 1.54) is 12.1 Å². The molecular formula is C12H14ClF2N. The Kier molecular flexibility index (Phi) is 3.77. The molecule has 1 saturated heterocycles. The van der Waals surface area contributed by atoms with Gasteiger partial charge < -0.3 is 5.32 Å². The summed E-state index contributed by atoms with van der Waals surface area (Å²) in [6.07, 6.45) is 2.85. The lowest BCUT2D eigenvalue weighted by Crippen LogP contribution is -2.28. The van der Waals surface area contributed by atoms with Crippen molar-refractivity contribution in [2.24, 2.45) is 5.92 Å². The highest BCUT2D eigenvalue weighted by atomic mass is 35.5. The van der Waals surface area contributed by atoms with E-state index in [4.69, 9.17) is 11.6 Å². The van der Waals surface area contributed by atoms with Crippen molar-refractivity contribution in [2.75, 3.05) is 13.1 Å². The van der Waals surface area contributed by atoms with Gasteiger partial charge in [0.1, 0.15) is 16.7 Å². The first-order valence-electron chi connectivity index (χ1n) is 5.51. The lowest BCUT2D eigenvalue weighted by molar-refractivity contribution is 0.372. The second-order valence-corrected chi connectivity index (χ2v) is 4.65. The molecule has 1 N–H and O–H groups in total. The molecule has 16 heavy (non-hydrogen) atoms. The molecule has 0 aromatic heterocycles. The van der Waals surface area contributed by atoms with Crippen LogP contribution < -0.4 is 5.32 Å². The molecule has 0 atom stereocenters. The highest BCUT2D eigenvalue weighted by Gasteiger charge is 2.15. The molecular weight excluding hydrogens is 232 g/mol. The summed E-state index contributed by atoms with van der Waals surface area (Å²) in [6.45, 7) is 1.98. The van der Waals surface area contributed by atoms with E-state index in [2.05, 4.69) is 5.32 Å². The van der Waals surface area contributed by atoms with Crippen LogP contribution in [-0.4, -0.2) is 13.1 Å². The smallest absolute Gasteiger partial charge is 0.145 e. The summed E-state index contributed by atoms with van der Waals surface area (Å²) in [5.74, 6) is -0.808. The van der Waals surface area contributed by atoms with Gasteiger partial charge in [0.15, 0.2) is 0 Å². The van der Waals surface area contributed by atoms with Crippen LogP contribution >= 0.6 is 11.6 Å². The van der Waals surface area contributed by atoms with Crippen LogP contribution in [0.2, 0.25) is 5.02 Å². The second-order valence-electron chi connectivity index (χ2n) is 4.27. The van der Waals surface area contributed by atoms with Gasteiger partial charge in [0.25, 0.3) is 0 Å². The Morgan fingerprint density at radius 3 is 2.31 bits per heavy atom. The maximum Gasteiger partial charge on any atom is 0.145 e. The molecule has 0 saturated carbocycles. The highest BCUT2D eigenvalue weighted by Crippen LogP contribution is 2.24. The summed E-state index contributed by atoms with van der Waals surface area (Å²) >= 11 is 5.43. The molecule has 0 aliphatic carbocycles. The topological polar surface area (TPSA) is 12.0 Å². The first kappa shape index (κ1) is 11.8. The SMILES string of the molecule is Fc1cc(CC2CCNCC2)cc(F)c1Cl. The fourth-order valence-electron chi connectivity index (χ4n) is 2.15. The molecule has 1 aromatic carbocycles. The normalized spacial score (nSPS) is 17.7. The van der Waals surface area contributed by atoms with Crippen LogP contribution in [0.3, 0.4) is 0 Å². The second kappa shape index (κ2) is 5.11. The van der Waals surface area contributed by atoms with Gasteiger partial charge in [-0.3, -0.25) is 0 Å². The lowest BCUT2D eigenvalue weighted by atomic mass is 9.91. The number of nitrogens with one attached hydrogen (secondary N) is 1. The van der Waals surface area contributed by atoms with Crippen LogP contribution in [0.1, 0.15) is 18.4 Å². The van der Waals surface area contributed by atoms with E-state index in [-0.39, 0.29) is 0 Å². The van der Waals surface area contributed by atoms with Crippen molar-refractivity contribution in [2.45, 2.75) is 19.3 Å². The largest absolute Gasteiger partial charge is 0.317 e. The van der Waals surface area contributed by atoms with E-state index >= 15 is 0 Å². The standard InChI is InChI=1S/C12H14ClF2N/c13-12-10(14)6-9(7-11(12)15)5-8-1-3-16-4-2-8/h6-8,16H,1-5H2. The van der Waals surface area contributed by atoms with Crippen molar-refractivity contribution in [1.82, 2.24) is 5.32 Å². The third-order valence-corrected chi connectivity index (χ3v) is 3.39. The first-order chi connectivity index (χ1) is 7.66. The number of rotatable bonds is 2. The van der Waals surface area contributed by atoms with Crippen LogP contribution in [0, 0.1) is 17.6 Å². The highest BCUT2D eigenvalue weighted by molar-refractivity contribution is 6.30. The van der Waals surface area contributed by atoms with Crippen molar-refractivity contribution in [3.8, 4) is 0 Å². The molecule has 0 amide bonds. The lowest BCUT2D eigenvalue weighted by Gasteiger charge is -2.22. The Balaban J connectivity index is 2.09. The predicted molar refractivity (Wildman–Crippen MR) is 60.7 cm³/mol. The summed E-state index contributed by atoms with van der Waals surface area (Å²) in [5.41, 5.74) is 0.700. The Morgan fingerprint density at radius 2 is 1.75 bits per heavy atom. The third-order valence-electron chi connectivity index (χ3n) is 3.03. The molecule has 0 radical (unpaired) electrons. The zero-order valence-electron chi connectivity index (χ0n) is 8.90. The van der Waals surface area contributed by atoms with Gasteiger partial charge in [-0.2, -0.15) is 0 Å². The molecule has 0 spiro atoms. The molecule has 1 aliphatic heterocycles. The van der Waals surface area contributed by atoms with E-state index in [9.17, 15) is 8.78 Å². The Bertz CT molecular complexity index is 352. The van der Waals surface area contributed by atoms with E-state index in [0.29, 0.717) is 11.5 Å². The Hall–Kier alpha value is -0.670. The van der Waals surface area contributed by atoms with Crippen molar-refractivity contribution in [3.05, 3.63) is 34.4 Å².